The normalized spacial score (nSPS) is 15.7. The van der Waals surface area contributed by atoms with E-state index in [1.807, 2.05) is 25.2 Å². The van der Waals surface area contributed by atoms with E-state index in [0.717, 1.165) is 47.9 Å². The van der Waals surface area contributed by atoms with Crippen LogP contribution in [0.5, 0.6) is 17.2 Å². The molecule has 2 aromatic carbocycles. The first-order chi connectivity index (χ1) is 16.3. The number of rotatable bonds is 10. The number of aryl methyl sites for hydroxylation is 1. The standard InChI is InChI=1S/C28H40N2O4/c1-17(2)9-8-10-18(3)30-23-14-12-20-21(16-24(23)31)22(29-4)13-11-19-15-25(32-5)27(33-6)28(34-7)26(19)20/h12,14-18,22,29H,8-11,13H2,1-7H3,(H,30,31)/t18-,22+/m1/s1. The molecule has 0 amide bonds. The maximum Gasteiger partial charge on any atom is 0.203 e. The van der Waals surface area contributed by atoms with E-state index in [2.05, 4.69) is 31.4 Å². The Morgan fingerprint density at radius 1 is 1.00 bits per heavy atom. The van der Waals surface area contributed by atoms with E-state index in [1.54, 1.807) is 27.4 Å². The zero-order valence-electron chi connectivity index (χ0n) is 21.7. The van der Waals surface area contributed by atoms with Gasteiger partial charge in [-0.05, 0) is 74.0 Å². The predicted molar refractivity (Wildman–Crippen MR) is 140 cm³/mol. The van der Waals surface area contributed by atoms with Gasteiger partial charge in [-0.25, -0.2) is 0 Å². The van der Waals surface area contributed by atoms with Crippen molar-refractivity contribution in [1.29, 1.82) is 0 Å². The molecule has 0 heterocycles. The molecule has 6 heteroatoms. The van der Waals surface area contributed by atoms with Crippen LogP contribution in [0.25, 0.3) is 11.1 Å². The number of ether oxygens (including phenoxy) is 3. The first kappa shape index (κ1) is 25.9. The van der Waals surface area contributed by atoms with Crippen LogP contribution >= 0.6 is 0 Å². The smallest absolute Gasteiger partial charge is 0.203 e. The third kappa shape index (κ3) is 5.49. The van der Waals surface area contributed by atoms with Crippen LogP contribution in [0, 0.1) is 5.92 Å². The Hall–Kier alpha value is -2.73. The Labute approximate surface area is 204 Å². The highest BCUT2D eigenvalue weighted by atomic mass is 16.5. The summed E-state index contributed by atoms with van der Waals surface area (Å²) in [6, 6.07) is 8.03. The number of hydrogen-bond donors (Lipinski definition) is 2. The minimum absolute atomic E-state index is 0.0000955. The molecule has 0 unspecified atom stereocenters. The molecule has 2 N–H and O–H groups in total. The van der Waals surface area contributed by atoms with Gasteiger partial charge >= 0.3 is 0 Å². The number of methoxy groups -OCH3 is 3. The molecule has 6 nitrogen and oxygen atoms in total. The zero-order valence-corrected chi connectivity index (χ0v) is 21.7. The van der Waals surface area contributed by atoms with Crippen LogP contribution in [-0.4, -0.2) is 34.4 Å². The first-order valence-electron chi connectivity index (χ1n) is 12.3. The highest BCUT2D eigenvalue weighted by Crippen LogP contribution is 2.50. The fourth-order valence-electron chi connectivity index (χ4n) is 4.90. The van der Waals surface area contributed by atoms with E-state index in [1.165, 1.54) is 6.42 Å². The monoisotopic (exact) mass is 468 g/mol. The molecule has 1 aliphatic rings. The minimum Gasteiger partial charge on any atom is -0.493 e. The molecule has 0 saturated carbocycles. The topological polar surface area (TPSA) is 68.8 Å². The van der Waals surface area contributed by atoms with Crippen LogP contribution in [0.2, 0.25) is 0 Å². The molecule has 1 aliphatic carbocycles. The Balaban J connectivity index is 2.13. The highest BCUT2D eigenvalue weighted by Gasteiger charge is 2.28. The summed E-state index contributed by atoms with van der Waals surface area (Å²) < 4.78 is 17.1. The van der Waals surface area contributed by atoms with Gasteiger partial charge in [-0.1, -0.05) is 32.8 Å². The number of anilines is 1. The van der Waals surface area contributed by atoms with E-state index in [4.69, 9.17) is 14.2 Å². The van der Waals surface area contributed by atoms with Crippen LogP contribution in [0.15, 0.2) is 29.1 Å². The van der Waals surface area contributed by atoms with Gasteiger partial charge in [0, 0.05) is 17.6 Å². The van der Waals surface area contributed by atoms with Gasteiger partial charge in [0.05, 0.1) is 27.0 Å². The lowest BCUT2D eigenvalue weighted by Crippen LogP contribution is -2.20. The Kier molecular flexibility index (Phi) is 8.84. The molecular formula is C28H40N2O4. The van der Waals surface area contributed by atoms with Crippen molar-refractivity contribution in [3.63, 3.8) is 0 Å². The van der Waals surface area contributed by atoms with Gasteiger partial charge in [-0.15, -0.1) is 0 Å². The summed E-state index contributed by atoms with van der Waals surface area (Å²) in [4.78, 5) is 13.3. The van der Waals surface area contributed by atoms with Crippen LogP contribution in [-0.2, 0) is 6.42 Å². The summed E-state index contributed by atoms with van der Waals surface area (Å²) in [6.07, 6.45) is 5.04. The predicted octanol–water partition coefficient (Wildman–Crippen LogP) is 5.57. The van der Waals surface area contributed by atoms with Gasteiger partial charge in [0.1, 0.15) is 0 Å². The quantitative estimate of drug-likeness (QED) is 0.475. The van der Waals surface area contributed by atoms with Crippen molar-refractivity contribution in [3.05, 3.63) is 45.6 Å². The van der Waals surface area contributed by atoms with E-state index in [9.17, 15) is 4.79 Å². The molecule has 0 spiro atoms. The SMILES string of the molecule is CN[C@H]1CCc2cc(OC)c(OC)c(OC)c2-c2ccc(N[C@H](C)CCCC(C)C)c(=O)cc21. The van der Waals surface area contributed by atoms with E-state index in [0.29, 0.717) is 28.9 Å². The third-order valence-electron chi connectivity index (χ3n) is 6.71. The van der Waals surface area contributed by atoms with Gasteiger partial charge in [0.15, 0.2) is 11.5 Å². The van der Waals surface area contributed by atoms with Crippen LogP contribution in [0.1, 0.15) is 63.6 Å². The van der Waals surface area contributed by atoms with Crippen LogP contribution in [0.4, 0.5) is 5.69 Å². The molecule has 2 aromatic rings. The molecule has 2 atom stereocenters. The highest BCUT2D eigenvalue weighted by molar-refractivity contribution is 5.83. The second-order valence-electron chi connectivity index (χ2n) is 9.55. The summed E-state index contributed by atoms with van der Waals surface area (Å²) in [5, 5.41) is 6.87. The molecule has 0 aliphatic heterocycles. The van der Waals surface area contributed by atoms with Gasteiger partial charge in [-0.3, -0.25) is 4.79 Å². The maximum absolute atomic E-state index is 13.3. The zero-order chi connectivity index (χ0) is 24.8. The molecular weight excluding hydrogens is 428 g/mol. The Morgan fingerprint density at radius 3 is 2.35 bits per heavy atom. The summed E-state index contributed by atoms with van der Waals surface area (Å²) in [5.41, 5.74) is 4.64. The third-order valence-corrected chi connectivity index (χ3v) is 6.71. The van der Waals surface area contributed by atoms with Crippen LogP contribution in [0.3, 0.4) is 0 Å². The van der Waals surface area contributed by atoms with E-state index in [-0.39, 0.29) is 17.5 Å². The summed E-state index contributed by atoms with van der Waals surface area (Å²) >= 11 is 0. The van der Waals surface area contributed by atoms with E-state index < -0.39 is 0 Å². The van der Waals surface area contributed by atoms with E-state index >= 15 is 0 Å². The average molecular weight is 469 g/mol. The van der Waals surface area contributed by atoms with Crippen molar-refractivity contribution < 1.29 is 14.2 Å². The number of hydrogen-bond acceptors (Lipinski definition) is 6. The lowest BCUT2D eigenvalue weighted by atomic mass is 9.95. The second kappa shape index (κ2) is 11.6. The number of nitrogens with one attached hydrogen (secondary N) is 2. The molecule has 0 saturated heterocycles. The Bertz CT molecular complexity index is 1050. The lowest BCUT2D eigenvalue weighted by Gasteiger charge is -2.19. The first-order valence-corrected chi connectivity index (χ1v) is 12.3. The number of benzene rings is 1. The molecule has 0 aromatic heterocycles. The van der Waals surface area contributed by atoms with Gasteiger partial charge < -0.3 is 24.8 Å². The van der Waals surface area contributed by atoms with Crippen molar-refractivity contribution in [1.82, 2.24) is 5.32 Å². The molecule has 0 fully saturated rings. The largest absolute Gasteiger partial charge is 0.493 e. The molecule has 0 radical (unpaired) electrons. The van der Waals surface area contributed by atoms with Crippen LogP contribution < -0.4 is 30.3 Å². The summed E-state index contributed by atoms with van der Waals surface area (Å²) in [5.74, 6) is 2.52. The number of fused-ring (bicyclic) bond motifs is 3. The van der Waals surface area contributed by atoms with Gasteiger partial charge in [-0.2, -0.15) is 0 Å². The fraction of sp³-hybridized carbons (Fsp3) is 0.536. The van der Waals surface area contributed by atoms with Crippen molar-refractivity contribution in [3.8, 4) is 28.4 Å². The molecule has 0 bridgehead atoms. The minimum atomic E-state index is 0.0000955. The van der Waals surface area contributed by atoms with Crippen molar-refractivity contribution in [2.24, 2.45) is 5.92 Å². The van der Waals surface area contributed by atoms with Gasteiger partial charge in [0.25, 0.3) is 0 Å². The lowest BCUT2D eigenvalue weighted by molar-refractivity contribution is 0.324. The van der Waals surface area contributed by atoms with Crippen molar-refractivity contribution in [2.75, 3.05) is 33.7 Å². The second-order valence-corrected chi connectivity index (χ2v) is 9.55. The van der Waals surface area contributed by atoms with Gasteiger partial charge in [0.2, 0.25) is 11.2 Å². The fourth-order valence-corrected chi connectivity index (χ4v) is 4.90. The molecule has 3 rings (SSSR count). The molecule has 186 valence electrons. The summed E-state index contributed by atoms with van der Waals surface area (Å²) in [6.45, 7) is 6.63. The molecule has 34 heavy (non-hydrogen) atoms. The van der Waals surface area contributed by atoms with Crippen molar-refractivity contribution >= 4 is 5.69 Å². The Morgan fingerprint density at radius 2 is 1.74 bits per heavy atom. The van der Waals surface area contributed by atoms with Crippen molar-refractivity contribution in [2.45, 2.75) is 65.0 Å². The average Bonchev–Trinajstić information content (AvgIpc) is 3.06. The maximum atomic E-state index is 13.3. The summed E-state index contributed by atoms with van der Waals surface area (Å²) in [7, 11) is 6.83.